The fourth-order valence-corrected chi connectivity index (χ4v) is 2.03. The zero-order valence-electron chi connectivity index (χ0n) is 10.7. The first-order chi connectivity index (χ1) is 9.06. The number of halogens is 2. The van der Waals surface area contributed by atoms with Gasteiger partial charge in [0.15, 0.2) is 0 Å². The van der Waals surface area contributed by atoms with Crippen LogP contribution in [0.15, 0.2) is 18.2 Å². The zero-order chi connectivity index (χ0) is 13.8. The van der Waals surface area contributed by atoms with Crippen LogP contribution in [-0.4, -0.2) is 43.2 Å². The summed E-state index contributed by atoms with van der Waals surface area (Å²) in [5.41, 5.74) is -0.395. The van der Waals surface area contributed by atoms with E-state index >= 15 is 0 Å². The second-order valence-electron chi connectivity index (χ2n) is 4.56. The Morgan fingerprint density at radius 2 is 2.16 bits per heavy atom. The normalized spacial score (nSPS) is 20.3. The van der Waals surface area contributed by atoms with E-state index in [2.05, 4.69) is 5.32 Å². The molecule has 0 bridgehead atoms. The van der Waals surface area contributed by atoms with Gasteiger partial charge in [-0.25, -0.2) is 8.78 Å². The molecule has 1 aliphatic heterocycles. The minimum absolute atomic E-state index is 0.0618. The fourth-order valence-electron chi connectivity index (χ4n) is 2.03. The zero-order valence-corrected chi connectivity index (χ0v) is 10.7. The SMILES string of the molecule is C[C@H]1CN(CC(=O)Nc2c(F)cccc2F)CCO1. The van der Waals surface area contributed by atoms with Gasteiger partial charge in [0.2, 0.25) is 5.91 Å². The number of ether oxygens (including phenoxy) is 1. The van der Waals surface area contributed by atoms with Crippen molar-refractivity contribution in [1.29, 1.82) is 0 Å². The van der Waals surface area contributed by atoms with Crippen molar-refractivity contribution >= 4 is 11.6 Å². The van der Waals surface area contributed by atoms with E-state index in [9.17, 15) is 13.6 Å². The van der Waals surface area contributed by atoms with Crippen molar-refractivity contribution < 1.29 is 18.3 Å². The van der Waals surface area contributed by atoms with E-state index in [0.717, 1.165) is 12.1 Å². The molecule has 1 aliphatic rings. The molecule has 104 valence electrons. The van der Waals surface area contributed by atoms with Crippen molar-refractivity contribution in [2.45, 2.75) is 13.0 Å². The molecule has 0 radical (unpaired) electrons. The highest BCUT2D eigenvalue weighted by molar-refractivity contribution is 5.92. The van der Waals surface area contributed by atoms with Crippen molar-refractivity contribution in [3.8, 4) is 0 Å². The van der Waals surface area contributed by atoms with Crippen LogP contribution in [-0.2, 0) is 9.53 Å². The smallest absolute Gasteiger partial charge is 0.238 e. The van der Waals surface area contributed by atoms with Gasteiger partial charge >= 0.3 is 0 Å². The molecule has 1 heterocycles. The molecule has 6 heteroatoms. The first-order valence-electron chi connectivity index (χ1n) is 6.14. The van der Waals surface area contributed by atoms with Gasteiger partial charge in [-0.2, -0.15) is 0 Å². The number of hydrogen-bond acceptors (Lipinski definition) is 3. The number of hydrogen-bond donors (Lipinski definition) is 1. The van der Waals surface area contributed by atoms with Crippen molar-refractivity contribution in [3.05, 3.63) is 29.8 Å². The van der Waals surface area contributed by atoms with Crippen molar-refractivity contribution in [2.75, 3.05) is 31.6 Å². The van der Waals surface area contributed by atoms with E-state index in [0.29, 0.717) is 19.7 Å². The molecular weight excluding hydrogens is 254 g/mol. The highest BCUT2D eigenvalue weighted by Crippen LogP contribution is 2.17. The van der Waals surface area contributed by atoms with Gasteiger partial charge in [-0.1, -0.05) is 6.07 Å². The average molecular weight is 270 g/mol. The number of anilines is 1. The molecule has 0 aliphatic carbocycles. The summed E-state index contributed by atoms with van der Waals surface area (Å²) in [5, 5.41) is 2.27. The molecule has 1 fully saturated rings. The number of nitrogens with zero attached hydrogens (tertiary/aromatic N) is 1. The topological polar surface area (TPSA) is 41.6 Å². The first-order valence-corrected chi connectivity index (χ1v) is 6.14. The molecular formula is C13H16F2N2O2. The van der Waals surface area contributed by atoms with Gasteiger partial charge in [0.05, 0.1) is 19.3 Å². The van der Waals surface area contributed by atoms with E-state index < -0.39 is 23.2 Å². The maximum absolute atomic E-state index is 13.4. The van der Waals surface area contributed by atoms with Crippen LogP contribution < -0.4 is 5.32 Å². The van der Waals surface area contributed by atoms with Crippen LogP contribution in [0.3, 0.4) is 0 Å². The summed E-state index contributed by atoms with van der Waals surface area (Å²) in [7, 11) is 0. The summed E-state index contributed by atoms with van der Waals surface area (Å²) in [6.07, 6.45) is 0.0618. The lowest BCUT2D eigenvalue weighted by molar-refractivity contribution is -0.119. The van der Waals surface area contributed by atoms with E-state index in [1.165, 1.54) is 6.07 Å². The van der Waals surface area contributed by atoms with Crippen LogP contribution in [0.25, 0.3) is 0 Å². The number of benzene rings is 1. The average Bonchev–Trinajstić information content (AvgIpc) is 2.34. The van der Waals surface area contributed by atoms with Gasteiger partial charge in [-0.05, 0) is 19.1 Å². The molecule has 1 atom stereocenters. The van der Waals surface area contributed by atoms with Gasteiger partial charge in [0.1, 0.15) is 17.3 Å². The van der Waals surface area contributed by atoms with E-state index in [1.54, 1.807) is 0 Å². The highest BCUT2D eigenvalue weighted by Gasteiger charge is 2.20. The van der Waals surface area contributed by atoms with Gasteiger partial charge in [0.25, 0.3) is 0 Å². The molecule has 1 amide bonds. The second kappa shape index (κ2) is 6.08. The quantitative estimate of drug-likeness (QED) is 0.907. The summed E-state index contributed by atoms with van der Waals surface area (Å²) in [4.78, 5) is 13.7. The van der Waals surface area contributed by atoms with Crippen molar-refractivity contribution in [1.82, 2.24) is 4.90 Å². The summed E-state index contributed by atoms with van der Waals surface area (Å²) >= 11 is 0. The largest absolute Gasteiger partial charge is 0.376 e. The first kappa shape index (κ1) is 13.9. The molecule has 0 spiro atoms. The second-order valence-corrected chi connectivity index (χ2v) is 4.56. The van der Waals surface area contributed by atoms with Gasteiger partial charge < -0.3 is 10.1 Å². The molecule has 19 heavy (non-hydrogen) atoms. The summed E-state index contributed by atoms with van der Waals surface area (Å²) in [6.45, 7) is 3.84. The van der Waals surface area contributed by atoms with Crippen LogP contribution in [0, 0.1) is 11.6 Å². The highest BCUT2D eigenvalue weighted by atomic mass is 19.1. The lowest BCUT2D eigenvalue weighted by Gasteiger charge is -2.30. The number of morpholine rings is 1. The Kier molecular flexibility index (Phi) is 4.44. The molecule has 2 rings (SSSR count). The Morgan fingerprint density at radius 3 is 2.79 bits per heavy atom. The van der Waals surface area contributed by atoms with E-state index in [4.69, 9.17) is 4.74 Å². The number of rotatable bonds is 3. The maximum Gasteiger partial charge on any atom is 0.238 e. The molecule has 0 unspecified atom stereocenters. The van der Waals surface area contributed by atoms with Crippen molar-refractivity contribution in [2.24, 2.45) is 0 Å². The third-order valence-corrected chi connectivity index (χ3v) is 2.92. The van der Waals surface area contributed by atoms with Gasteiger partial charge in [-0.15, -0.1) is 0 Å². The lowest BCUT2D eigenvalue weighted by Crippen LogP contribution is -2.44. The Hall–Kier alpha value is -1.53. The van der Waals surface area contributed by atoms with Crippen LogP contribution in [0.5, 0.6) is 0 Å². The number of nitrogens with one attached hydrogen (secondary N) is 1. The summed E-state index contributed by atoms with van der Waals surface area (Å²) < 4.78 is 32.1. The molecule has 1 aromatic rings. The predicted octanol–water partition coefficient (Wildman–Crippen LogP) is 1.62. The molecule has 0 saturated carbocycles. The third-order valence-electron chi connectivity index (χ3n) is 2.92. The Labute approximate surface area is 110 Å². The van der Waals surface area contributed by atoms with Crippen LogP contribution in [0.1, 0.15) is 6.92 Å². The molecule has 1 N–H and O–H groups in total. The maximum atomic E-state index is 13.4. The minimum Gasteiger partial charge on any atom is -0.376 e. The fraction of sp³-hybridized carbons (Fsp3) is 0.462. The molecule has 1 saturated heterocycles. The number of amides is 1. The van der Waals surface area contributed by atoms with Gasteiger partial charge in [0, 0.05) is 13.1 Å². The van der Waals surface area contributed by atoms with Crippen LogP contribution >= 0.6 is 0 Å². The third kappa shape index (κ3) is 3.71. The minimum atomic E-state index is -0.774. The predicted molar refractivity (Wildman–Crippen MR) is 66.8 cm³/mol. The van der Waals surface area contributed by atoms with Crippen LogP contribution in [0.2, 0.25) is 0 Å². The van der Waals surface area contributed by atoms with Crippen molar-refractivity contribution in [3.63, 3.8) is 0 Å². The molecule has 0 aromatic heterocycles. The molecule has 4 nitrogen and oxygen atoms in total. The standard InChI is InChI=1S/C13H16F2N2O2/c1-9-7-17(5-6-19-9)8-12(18)16-13-10(14)3-2-4-11(13)15/h2-4,9H,5-8H2,1H3,(H,16,18)/t9-/m0/s1. The van der Waals surface area contributed by atoms with E-state index in [1.807, 2.05) is 11.8 Å². The Balaban J connectivity index is 1.94. The number of para-hydroxylation sites is 1. The number of carbonyl (C=O) groups is 1. The summed E-state index contributed by atoms with van der Waals surface area (Å²) in [6, 6.07) is 3.47. The molecule has 1 aromatic carbocycles. The number of carbonyl (C=O) groups excluding carboxylic acids is 1. The van der Waals surface area contributed by atoms with E-state index in [-0.39, 0.29) is 12.6 Å². The lowest BCUT2D eigenvalue weighted by atomic mass is 10.2. The monoisotopic (exact) mass is 270 g/mol. The summed E-state index contributed by atoms with van der Waals surface area (Å²) in [5.74, 6) is -1.98. The van der Waals surface area contributed by atoms with Crippen LogP contribution in [0.4, 0.5) is 14.5 Å². The Bertz CT molecular complexity index is 448. The Morgan fingerprint density at radius 1 is 1.47 bits per heavy atom. The van der Waals surface area contributed by atoms with Gasteiger partial charge in [-0.3, -0.25) is 9.69 Å².